The molecule has 4 aromatic rings. The SMILES string of the molecule is CC(F)(F)c1ccnc(CNC(=O)c2cn(CCCCn3cc(NC(=O)Cc4cc(OC(F)(F)F)ccc4F)nn3)nn2)c1. The van der Waals surface area contributed by atoms with Gasteiger partial charge in [0.25, 0.3) is 11.8 Å². The summed E-state index contributed by atoms with van der Waals surface area (Å²) in [5.41, 5.74) is -0.205. The number of hydrogen-bond donors (Lipinski definition) is 2. The number of amides is 2. The van der Waals surface area contributed by atoms with Crippen molar-refractivity contribution in [3.05, 3.63) is 77.3 Å². The van der Waals surface area contributed by atoms with Crippen molar-refractivity contribution in [2.24, 2.45) is 0 Å². The number of hydrogen-bond acceptors (Lipinski definition) is 8. The first-order valence-electron chi connectivity index (χ1n) is 13.0. The molecule has 1 aromatic carbocycles. The van der Waals surface area contributed by atoms with Crippen molar-refractivity contribution in [2.75, 3.05) is 5.32 Å². The van der Waals surface area contributed by atoms with E-state index in [1.165, 1.54) is 40.1 Å². The van der Waals surface area contributed by atoms with Gasteiger partial charge in [-0.1, -0.05) is 10.4 Å². The van der Waals surface area contributed by atoms with Crippen molar-refractivity contribution in [1.29, 1.82) is 0 Å². The summed E-state index contributed by atoms with van der Waals surface area (Å²) in [7, 11) is 0. The third kappa shape index (κ3) is 9.50. The lowest BCUT2D eigenvalue weighted by molar-refractivity contribution is -0.274. The molecule has 2 amide bonds. The summed E-state index contributed by atoms with van der Waals surface area (Å²) >= 11 is 0. The molecule has 0 saturated carbocycles. The predicted octanol–water partition coefficient (Wildman–Crippen LogP) is 4.01. The zero-order valence-electron chi connectivity index (χ0n) is 23.0. The normalized spacial score (nSPS) is 11.8. The molecule has 0 fully saturated rings. The van der Waals surface area contributed by atoms with Gasteiger partial charge in [0.15, 0.2) is 11.5 Å². The molecule has 0 aliphatic rings. The lowest BCUT2D eigenvalue weighted by Gasteiger charge is -2.11. The molecule has 0 radical (unpaired) electrons. The van der Waals surface area contributed by atoms with E-state index >= 15 is 0 Å². The summed E-state index contributed by atoms with van der Waals surface area (Å²) in [6.45, 7) is 1.51. The Morgan fingerprint density at radius 2 is 1.66 bits per heavy atom. The third-order valence-corrected chi connectivity index (χ3v) is 5.96. The van der Waals surface area contributed by atoms with E-state index in [1.54, 1.807) is 0 Å². The number of pyridine rings is 1. The standard InChI is InChI=1S/C26H25F6N9O3/c1-25(28,29)17-6-7-33-18(12-17)13-34-24(43)21-14-40(38-36-21)8-2-3-9-41-15-22(37-39-41)35-23(42)11-16-10-19(4-5-20(16)27)44-26(30,31)32/h4-7,10,12,14-15H,2-3,8-9,11,13H2,1H3,(H,34,43)(H,35,42). The molecule has 18 heteroatoms. The summed E-state index contributed by atoms with van der Waals surface area (Å²) in [6, 6.07) is 4.78. The van der Waals surface area contributed by atoms with Crippen LogP contribution >= 0.6 is 0 Å². The van der Waals surface area contributed by atoms with Crippen molar-refractivity contribution in [3.8, 4) is 5.75 Å². The van der Waals surface area contributed by atoms with Gasteiger partial charge in [0.1, 0.15) is 11.6 Å². The van der Waals surface area contributed by atoms with Crippen LogP contribution in [-0.2, 0) is 36.8 Å². The van der Waals surface area contributed by atoms with Gasteiger partial charge in [-0.2, -0.15) is 0 Å². The van der Waals surface area contributed by atoms with Crippen LogP contribution in [0.3, 0.4) is 0 Å². The van der Waals surface area contributed by atoms with Crippen LogP contribution in [0.1, 0.15) is 47.1 Å². The summed E-state index contributed by atoms with van der Waals surface area (Å²) in [4.78, 5) is 28.6. The Morgan fingerprint density at radius 1 is 0.955 bits per heavy atom. The number of alkyl halides is 5. The lowest BCUT2D eigenvalue weighted by atomic mass is 10.1. The second-order valence-corrected chi connectivity index (χ2v) is 9.57. The summed E-state index contributed by atoms with van der Waals surface area (Å²) in [6.07, 6.45) is -0.208. The number of halogens is 6. The van der Waals surface area contributed by atoms with Crippen LogP contribution in [0.15, 0.2) is 48.9 Å². The maximum atomic E-state index is 14.0. The van der Waals surface area contributed by atoms with Crippen LogP contribution in [0.5, 0.6) is 5.75 Å². The van der Waals surface area contributed by atoms with Crippen LogP contribution in [0.4, 0.5) is 32.2 Å². The number of ether oxygens (including phenoxy) is 1. The average molecular weight is 626 g/mol. The number of aryl methyl sites for hydroxylation is 2. The Morgan fingerprint density at radius 3 is 2.36 bits per heavy atom. The highest BCUT2D eigenvalue weighted by molar-refractivity contribution is 5.92. The first-order chi connectivity index (χ1) is 20.7. The second-order valence-electron chi connectivity index (χ2n) is 9.57. The molecule has 234 valence electrons. The van der Waals surface area contributed by atoms with Crippen LogP contribution in [0.25, 0.3) is 0 Å². The van der Waals surface area contributed by atoms with E-state index < -0.39 is 42.1 Å². The van der Waals surface area contributed by atoms with Gasteiger partial charge in [-0.05, 0) is 43.2 Å². The quantitative estimate of drug-likeness (QED) is 0.168. The van der Waals surface area contributed by atoms with Gasteiger partial charge in [0.2, 0.25) is 5.91 Å². The van der Waals surface area contributed by atoms with Crippen molar-refractivity contribution in [1.82, 2.24) is 40.3 Å². The van der Waals surface area contributed by atoms with Gasteiger partial charge in [0, 0.05) is 37.3 Å². The highest BCUT2D eigenvalue weighted by Gasteiger charge is 2.31. The molecule has 2 N–H and O–H groups in total. The zero-order valence-corrected chi connectivity index (χ0v) is 23.0. The van der Waals surface area contributed by atoms with Crippen molar-refractivity contribution in [2.45, 2.75) is 58.1 Å². The number of carbonyl (C=O) groups excluding carboxylic acids is 2. The van der Waals surface area contributed by atoms with Gasteiger partial charge in [-0.15, -0.1) is 23.4 Å². The maximum Gasteiger partial charge on any atom is 0.573 e. The number of unbranched alkanes of at least 4 members (excludes halogenated alkanes) is 1. The van der Waals surface area contributed by atoms with E-state index in [2.05, 4.69) is 41.0 Å². The molecule has 44 heavy (non-hydrogen) atoms. The number of nitrogens with one attached hydrogen (secondary N) is 2. The Kier molecular flexibility index (Phi) is 9.80. The molecule has 0 aliphatic heterocycles. The summed E-state index contributed by atoms with van der Waals surface area (Å²) in [5.74, 6) is -5.76. The largest absolute Gasteiger partial charge is 0.573 e. The molecule has 0 unspecified atom stereocenters. The Labute approximate surface area is 245 Å². The molecule has 0 atom stereocenters. The molecule has 3 heterocycles. The monoisotopic (exact) mass is 625 g/mol. The lowest BCUT2D eigenvalue weighted by Crippen LogP contribution is -2.24. The number of nitrogens with zero attached hydrogens (tertiary/aromatic N) is 7. The van der Waals surface area contributed by atoms with E-state index in [0.29, 0.717) is 25.9 Å². The molecular weight excluding hydrogens is 600 g/mol. The fraction of sp³-hybridized carbons (Fsp3) is 0.346. The average Bonchev–Trinajstić information content (AvgIpc) is 3.60. The number of aromatic nitrogens is 7. The first-order valence-corrected chi connectivity index (χ1v) is 13.0. The van der Waals surface area contributed by atoms with Gasteiger partial charge in [0.05, 0.1) is 31.1 Å². The minimum Gasteiger partial charge on any atom is -0.406 e. The molecule has 0 aliphatic carbocycles. The molecule has 3 aromatic heterocycles. The maximum absolute atomic E-state index is 14.0. The van der Waals surface area contributed by atoms with E-state index in [-0.39, 0.29) is 34.9 Å². The predicted molar refractivity (Wildman–Crippen MR) is 140 cm³/mol. The number of benzene rings is 1. The minimum absolute atomic E-state index is 0.0399. The number of carbonyl (C=O) groups is 2. The smallest absolute Gasteiger partial charge is 0.406 e. The van der Waals surface area contributed by atoms with Gasteiger partial charge < -0.3 is 15.4 Å². The number of anilines is 1. The highest BCUT2D eigenvalue weighted by atomic mass is 19.4. The van der Waals surface area contributed by atoms with E-state index in [1.807, 2.05) is 0 Å². The summed E-state index contributed by atoms with van der Waals surface area (Å²) in [5, 5.41) is 20.4. The van der Waals surface area contributed by atoms with Crippen LogP contribution in [0.2, 0.25) is 0 Å². The first kappa shape index (κ1) is 31.9. The van der Waals surface area contributed by atoms with Gasteiger partial charge >= 0.3 is 6.36 Å². The zero-order chi connectivity index (χ0) is 31.9. The Balaban J connectivity index is 1.18. The molecule has 0 saturated heterocycles. The second kappa shape index (κ2) is 13.5. The van der Waals surface area contributed by atoms with E-state index in [4.69, 9.17) is 0 Å². The van der Waals surface area contributed by atoms with Crippen molar-refractivity contribution in [3.63, 3.8) is 0 Å². The van der Waals surface area contributed by atoms with Crippen molar-refractivity contribution < 1.29 is 40.7 Å². The third-order valence-electron chi connectivity index (χ3n) is 5.96. The minimum atomic E-state index is -4.96. The molecule has 4 rings (SSSR count). The van der Waals surface area contributed by atoms with Gasteiger partial charge in [-0.25, -0.2) is 13.2 Å². The fourth-order valence-electron chi connectivity index (χ4n) is 3.88. The van der Waals surface area contributed by atoms with Crippen LogP contribution in [-0.4, -0.2) is 53.1 Å². The van der Waals surface area contributed by atoms with E-state index in [0.717, 1.165) is 25.1 Å². The molecular formula is C26H25F6N9O3. The Hall–Kier alpha value is -5.03. The van der Waals surface area contributed by atoms with Crippen LogP contribution < -0.4 is 15.4 Å². The topological polar surface area (TPSA) is 142 Å². The molecule has 12 nitrogen and oxygen atoms in total. The van der Waals surface area contributed by atoms with Crippen LogP contribution in [0, 0.1) is 5.82 Å². The van der Waals surface area contributed by atoms with E-state index in [9.17, 15) is 35.9 Å². The molecule has 0 bridgehead atoms. The fourth-order valence-corrected chi connectivity index (χ4v) is 3.88. The molecule has 0 spiro atoms. The van der Waals surface area contributed by atoms with Gasteiger partial charge in [-0.3, -0.25) is 23.9 Å². The van der Waals surface area contributed by atoms with Crippen molar-refractivity contribution >= 4 is 17.6 Å². The summed E-state index contributed by atoms with van der Waals surface area (Å²) < 4.78 is 84.9. The Bertz CT molecular complexity index is 1600. The number of rotatable bonds is 13. The highest BCUT2D eigenvalue weighted by Crippen LogP contribution is 2.27.